The summed E-state index contributed by atoms with van der Waals surface area (Å²) in [6, 6.07) is 5.52. The molecule has 12 heavy (non-hydrogen) atoms. The Kier molecular flexibility index (Phi) is 4.65. The summed E-state index contributed by atoms with van der Waals surface area (Å²) >= 11 is 17.5. The van der Waals surface area contributed by atoms with Gasteiger partial charge in [-0.15, -0.1) is 11.8 Å². The lowest BCUT2D eigenvalue weighted by Gasteiger charge is -2.02. The molecule has 0 bridgehead atoms. The molecule has 0 saturated carbocycles. The molecule has 0 unspecified atom stereocenters. The number of benzene rings is 1. The Bertz CT molecular complexity index is 263. The van der Waals surface area contributed by atoms with Crippen LogP contribution in [0.5, 0.6) is 0 Å². The van der Waals surface area contributed by atoms with Crippen LogP contribution < -0.4 is 0 Å². The first kappa shape index (κ1) is 10.6. The Morgan fingerprint density at radius 3 is 2.67 bits per heavy atom. The Morgan fingerprint density at radius 2 is 2.08 bits per heavy atom. The summed E-state index contributed by atoms with van der Waals surface area (Å²) < 4.78 is 0. The van der Waals surface area contributed by atoms with Gasteiger partial charge in [0.15, 0.2) is 0 Å². The van der Waals surface area contributed by atoms with Crippen LogP contribution >= 0.6 is 47.6 Å². The number of halogens is 2. The quantitative estimate of drug-likeness (QED) is 0.614. The lowest BCUT2D eigenvalue weighted by molar-refractivity contribution is 1.44. The molecule has 4 heteroatoms. The zero-order valence-corrected chi connectivity index (χ0v) is 9.48. The lowest BCUT2D eigenvalue weighted by atomic mass is 10.4. The highest BCUT2D eigenvalue weighted by molar-refractivity contribution is 8.00. The fourth-order valence-corrected chi connectivity index (χ4v) is 2.27. The fourth-order valence-electron chi connectivity index (χ4n) is 0.748. The Balaban J connectivity index is 2.72. The molecule has 0 N–H and O–H groups in total. The van der Waals surface area contributed by atoms with E-state index in [2.05, 4.69) is 12.6 Å². The van der Waals surface area contributed by atoms with Gasteiger partial charge in [0.05, 0.1) is 5.02 Å². The Morgan fingerprint density at radius 1 is 1.33 bits per heavy atom. The van der Waals surface area contributed by atoms with Gasteiger partial charge in [0, 0.05) is 15.7 Å². The van der Waals surface area contributed by atoms with E-state index in [1.165, 1.54) is 0 Å². The molecule has 0 aliphatic rings. The second-order valence-electron chi connectivity index (χ2n) is 2.15. The van der Waals surface area contributed by atoms with Gasteiger partial charge in [-0.2, -0.15) is 12.6 Å². The van der Waals surface area contributed by atoms with Gasteiger partial charge in [0.2, 0.25) is 0 Å². The maximum absolute atomic E-state index is 5.94. The van der Waals surface area contributed by atoms with Crippen molar-refractivity contribution >= 4 is 47.6 Å². The number of thioether (sulfide) groups is 1. The first-order valence-corrected chi connectivity index (χ1v) is 5.80. The van der Waals surface area contributed by atoms with Crippen LogP contribution in [0.4, 0.5) is 0 Å². The summed E-state index contributed by atoms with van der Waals surface area (Å²) in [6.45, 7) is 0. The van der Waals surface area contributed by atoms with Crippen molar-refractivity contribution in [3.63, 3.8) is 0 Å². The van der Waals surface area contributed by atoms with Crippen LogP contribution in [0.1, 0.15) is 0 Å². The standard InChI is InChI=1S/C8H8Cl2S2/c9-6-1-2-8(7(10)5-6)12-4-3-11/h1-2,5,11H,3-4H2. The van der Waals surface area contributed by atoms with Crippen LogP contribution in [0.15, 0.2) is 23.1 Å². The molecular formula is C8H8Cl2S2. The largest absolute Gasteiger partial charge is 0.178 e. The fraction of sp³-hybridized carbons (Fsp3) is 0.250. The molecule has 0 heterocycles. The third-order valence-electron chi connectivity index (χ3n) is 1.24. The van der Waals surface area contributed by atoms with Gasteiger partial charge < -0.3 is 0 Å². The van der Waals surface area contributed by atoms with E-state index in [9.17, 15) is 0 Å². The van der Waals surface area contributed by atoms with Crippen molar-refractivity contribution in [2.75, 3.05) is 11.5 Å². The Hall–Kier alpha value is 0.500. The SMILES string of the molecule is SCCSc1ccc(Cl)cc1Cl. The summed E-state index contributed by atoms with van der Waals surface area (Å²) in [6.07, 6.45) is 0. The van der Waals surface area contributed by atoms with E-state index in [0.29, 0.717) is 10.0 Å². The molecule has 0 aliphatic heterocycles. The van der Waals surface area contributed by atoms with E-state index in [1.54, 1.807) is 17.8 Å². The molecule has 0 saturated heterocycles. The molecule has 0 aliphatic carbocycles. The zero-order chi connectivity index (χ0) is 8.97. The number of hydrogen-bond acceptors (Lipinski definition) is 2. The smallest absolute Gasteiger partial charge is 0.0556 e. The van der Waals surface area contributed by atoms with E-state index in [-0.39, 0.29) is 0 Å². The van der Waals surface area contributed by atoms with Crippen LogP contribution in [0.3, 0.4) is 0 Å². The summed E-state index contributed by atoms with van der Waals surface area (Å²) in [7, 11) is 0. The van der Waals surface area contributed by atoms with E-state index in [1.807, 2.05) is 12.1 Å². The molecular weight excluding hydrogens is 231 g/mol. The maximum Gasteiger partial charge on any atom is 0.0556 e. The van der Waals surface area contributed by atoms with Gasteiger partial charge in [-0.05, 0) is 24.0 Å². The molecule has 0 fully saturated rings. The predicted molar refractivity (Wildman–Crippen MR) is 61.0 cm³/mol. The van der Waals surface area contributed by atoms with Gasteiger partial charge in [0.1, 0.15) is 0 Å². The molecule has 1 aromatic carbocycles. The number of rotatable bonds is 3. The van der Waals surface area contributed by atoms with Crippen LogP contribution in [0, 0.1) is 0 Å². The molecule has 0 nitrogen and oxygen atoms in total. The van der Waals surface area contributed by atoms with Gasteiger partial charge in [-0.25, -0.2) is 0 Å². The monoisotopic (exact) mass is 238 g/mol. The molecule has 1 aromatic rings. The van der Waals surface area contributed by atoms with Gasteiger partial charge >= 0.3 is 0 Å². The van der Waals surface area contributed by atoms with Crippen molar-refractivity contribution in [2.45, 2.75) is 4.90 Å². The third-order valence-corrected chi connectivity index (χ3v) is 3.50. The van der Waals surface area contributed by atoms with Crippen molar-refractivity contribution in [3.05, 3.63) is 28.2 Å². The van der Waals surface area contributed by atoms with Crippen molar-refractivity contribution in [2.24, 2.45) is 0 Å². The second kappa shape index (κ2) is 5.28. The van der Waals surface area contributed by atoms with Crippen LogP contribution in [0.25, 0.3) is 0 Å². The van der Waals surface area contributed by atoms with E-state index in [4.69, 9.17) is 23.2 Å². The highest BCUT2D eigenvalue weighted by Crippen LogP contribution is 2.29. The summed E-state index contributed by atoms with van der Waals surface area (Å²) in [5, 5.41) is 1.39. The number of thiol groups is 1. The predicted octanol–water partition coefficient (Wildman–Crippen LogP) is 4.02. The van der Waals surface area contributed by atoms with Crippen molar-refractivity contribution in [1.82, 2.24) is 0 Å². The minimum absolute atomic E-state index is 0.676. The van der Waals surface area contributed by atoms with Crippen molar-refractivity contribution < 1.29 is 0 Å². The highest BCUT2D eigenvalue weighted by Gasteiger charge is 2.00. The average molecular weight is 239 g/mol. The second-order valence-corrected chi connectivity index (χ2v) is 4.57. The molecule has 0 aromatic heterocycles. The molecule has 0 radical (unpaired) electrons. The molecule has 0 atom stereocenters. The lowest BCUT2D eigenvalue weighted by Crippen LogP contribution is -1.80. The average Bonchev–Trinajstić information content (AvgIpc) is 2.03. The van der Waals surface area contributed by atoms with Gasteiger partial charge in [-0.3, -0.25) is 0 Å². The van der Waals surface area contributed by atoms with Crippen LogP contribution in [-0.2, 0) is 0 Å². The first-order valence-electron chi connectivity index (χ1n) is 3.43. The van der Waals surface area contributed by atoms with Gasteiger partial charge in [-0.1, -0.05) is 23.2 Å². The summed E-state index contributed by atoms with van der Waals surface area (Å²) in [5.74, 6) is 1.81. The molecule has 1 rings (SSSR count). The van der Waals surface area contributed by atoms with Gasteiger partial charge in [0.25, 0.3) is 0 Å². The molecule has 0 spiro atoms. The topological polar surface area (TPSA) is 0 Å². The first-order chi connectivity index (χ1) is 5.74. The number of hydrogen-bond donors (Lipinski definition) is 1. The normalized spacial score (nSPS) is 10.2. The van der Waals surface area contributed by atoms with Crippen molar-refractivity contribution in [3.8, 4) is 0 Å². The summed E-state index contributed by atoms with van der Waals surface area (Å²) in [4.78, 5) is 1.06. The van der Waals surface area contributed by atoms with Crippen LogP contribution in [0.2, 0.25) is 10.0 Å². The van der Waals surface area contributed by atoms with E-state index < -0.39 is 0 Å². The van der Waals surface area contributed by atoms with E-state index in [0.717, 1.165) is 16.4 Å². The Labute approximate surface area is 92.0 Å². The van der Waals surface area contributed by atoms with E-state index >= 15 is 0 Å². The maximum atomic E-state index is 5.94. The molecule has 0 amide bonds. The minimum Gasteiger partial charge on any atom is -0.178 e. The zero-order valence-electron chi connectivity index (χ0n) is 6.26. The van der Waals surface area contributed by atoms with Crippen LogP contribution in [-0.4, -0.2) is 11.5 Å². The molecule has 66 valence electrons. The minimum atomic E-state index is 0.676. The highest BCUT2D eigenvalue weighted by atomic mass is 35.5. The van der Waals surface area contributed by atoms with Crippen molar-refractivity contribution in [1.29, 1.82) is 0 Å². The third kappa shape index (κ3) is 3.09. The summed E-state index contributed by atoms with van der Waals surface area (Å²) in [5.41, 5.74) is 0.